The van der Waals surface area contributed by atoms with E-state index in [0.29, 0.717) is 40.5 Å². The highest BCUT2D eigenvalue weighted by Gasteiger charge is 2.15. The number of rotatable bonds is 8. The van der Waals surface area contributed by atoms with Gasteiger partial charge in [0.1, 0.15) is 6.29 Å². The largest absolute Gasteiger partial charge is 0.465 e. The van der Waals surface area contributed by atoms with Crippen LogP contribution in [0.5, 0.6) is 0 Å². The van der Waals surface area contributed by atoms with Crippen molar-refractivity contribution in [3.05, 3.63) is 94.0 Å². The molecule has 0 bridgehead atoms. The topological polar surface area (TPSA) is 163 Å². The molecule has 12 heteroatoms. The number of anilines is 2. The Morgan fingerprint density at radius 2 is 1.10 bits per heavy atom. The molecule has 1 amide bonds. The van der Waals surface area contributed by atoms with Crippen molar-refractivity contribution in [1.29, 1.82) is 0 Å². The first-order chi connectivity index (χ1) is 20.1. The first-order valence-corrected chi connectivity index (χ1v) is 12.1. The van der Waals surface area contributed by atoms with Crippen LogP contribution in [-0.4, -0.2) is 79.0 Å². The quantitative estimate of drug-likeness (QED) is 0.225. The SMILES string of the molecule is CNc1cc(C(=O)OC)ccc1C(=O)OC.COC.COC(=O)c1ccc(C=O)c(NC(=O)c2ccc(C=O)cc2)c1. The lowest BCUT2D eigenvalue weighted by atomic mass is 10.1. The van der Waals surface area contributed by atoms with Gasteiger partial charge in [-0.1, -0.05) is 12.1 Å². The smallest absolute Gasteiger partial charge is 0.339 e. The van der Waals surface area contributed by atoms with E-state index in [1.807, 2.05) is 0 Å². The van der Waals surface area contributed by atoms with Crippen molar-refractivity contribution in [3.63, 3.8) is 0 Å². The standard InChI is InChI=1S/C17H13NO5.C11H13NO4.C2H6O/c1-23-17(22)13-6-7-14(10-20)15(8-13)18-16(21)12-4-2-11(9-19)3-5-12;1-12-9-6-7(10(13)15-2)4-5-8(9)11(14)16-3;1-3-2/h2-10H,1H3,(H,18,21);4-6,12H,1-3H3;1-2H3. The fourth-order valence-electron chi connectivity index (χ4n) is 3.20. The maximum atomic E-state index is 12.2. The Kier molecular flexibility index (Phi) is 14.9. The summed E-state index contributed by atoms with van der Waals surface area (Å²) in [5.74, 6) is -1.95. The molecular weight excluding hydrogens is 548 g/mol. The third-order valence-corrected chi connectivity index (χ3v) is 5.27. The van der Waals surface area contributed by atoms with Gasteiger partial charge >= 0.3 is 17.9 Å². The molecule has 0 radical (unpaired) electrons. The lowest BCUT2D eigenvalue weighted by Crippen LogP contribution is -2.14. The van der Waals surface area contributed by atoms with Crippen LogP contribution >= 0.6 is 0 Å². The summed E-state index contributed by atoms with van der Waals surface area (Å²) >= 11 is 0. The average molecular weight is 581 g/mol. The predicted molar refractivity (Wildman–Crippen MR) is 155 cm³/mol. The Morgan fingerprint density at radius 1 is 0.619 bits per heavy atom. The van der Waals surface area contributed by atoms with Crippen molar-refractivity contribution in [3.8, 4) is 0 Å². The maximum absolute atomic E-state index is 12.2. The van der Waals surface area contributed by atoms with Gasteiger partial charge in [0, 0.05) is 43.6 Å². The Balaban J connectivity index is 0.000000405. The van der Waals surface area contributed by atoms with Crippen LogP contribution in [0.1, 0.15) is 62.1 Å². The molecule has 0 fully saturated rings. The van der Waals surface area contributed by atoms with Gasteiger partial charge in [-0.25, -0.2) is 14.4 Å². The highest BCUT2D eigenvalue weighted by molar-refractivity contribution is 6.07. The van der Waals surface area contributed by atoms with E-state index in [9.17, 15) is 28.8 Å². The molecule has 2 N–H and O–H groups in total. The molecular formula is C30H32N2O10. The molecule has 0 saturated heterocycles. The molecule has 0 unspecified atom stereocenters. The monoisotopic (exact) mass is 580 g/mol. The van der Waals surface area contributed by atoms with Gasteiger partial charge in [-0.15, -0.1) is 0 Å². The van der Waals surface area contributed by atoms with Crippen LogP contribution in [-0.2, 0) is 18.9 Å². The van der Waals surface area contributed by atoms with E-state index in [1.165, 1.54) is 82.0 Å². The van der Waals surface area contributed by atoms with Crippen LogP contribution in [0.25, 0.3) is 0 Å². The molecule has 0 aliphatic rings. The first kappa shape index (κ1) is 34.7. The number of hydrogen-bond acceptors (Lipinski definition) is 11. The summed E-state index contributed by atoms with van der Waals surface area (Å²) in [5.41, 5.74) is 2.68. The number of hydrogen-bond donors (Lipinski definition) is 2. The van der Waals surface area contributed by atoms with Gasteiger partial charge in [-0.3, -0.25) is 14.4 Å². The van der Waals surface area contributed by atoms with E-state index in [2.05, 4.69) is 29.6 Å². The minimum absolute atomic E-state index is 0.201. The molecule has 222 valence electrons. The van der Waals surface area contributed by atoms with E-state index >= 15 is 0 Å². The minimum Gasteiger partial charge on any atom is -0.465 e. The lowest BCUT2D eigenvalue weighted by Gasteiger charge is -2.09. The molecule has 0 aliphatic heterocycles. The predicted octanol–water partition coefficient (Wildman–Crippen LogP) is 3.91. The van der Waals surface area contributed by atoms with Crippen LogP contribution in [0.15, 0.2) is 60.7 Å². The summed E-state index contributed by atoms with van der Waals surface area (Å²) in [6.45, 7) is 0. The second-order valence-electron chi connectivity index (χ2n) is 8.01. The number of nitrogens with one attached hydrogen (secondary N) is 2. The van der Waals surface area contributed by atoms with Crippen LogP contribution in [0.3, 0.4) is 0 Å². The number of carbonyl (C=O) groups excluding carboxylic acids is 6. The van der Waals surface area contributed by atoms with Crippen LogP contribution in [0.4, 0.5) is 11.4 Å². The molecule has 3 aromatic carbocycles. The van der Waals surface area contributed by atoms with Crippen molar-refractivity contribution in [2.24, 2.45) is 0 Å². The van der Waals surface area contributed by atoms with Crippen molar-refractivity contribution < 1.29 is 47.7 Å². The van der Waals surface area contributed by atoms with Gasteiger partial charge in [0.2, 0.25) is 0 Å². The second kappa shape index (κ2) is 18.1. The number of benzene rings is 3. The van der Waals surface area contributed by atoms with Gasteiger partial charge in [0.05, 0.1) is 43.7 Å². The third-order valence-electron chi connectivity index (χ3n) is 5.27. The Bertz CT molecular complexity index is 1400. The number of carbonyl (C=O) groups is 6. The molecule has 0 atom stereocenters. The summed E-state index contributed by atoms with van der Waals surface area (Å²) in [5, 5.41) is 5.39. The summed E-state index contributed by atoms with van der Waals surface area (Å²) in [6, 6.07) is 14.8. The van der Waals surface area contributed by atoms with Gasteiger partial charge < -0.3 is 29.6 Å². The van der Waals surface area contributed by atoms with Crippen molar-refractivity contribution >= 4 is 47.8 Å². The number of amides is 1. The average Bonchev–Trinajstić information content (AvgIpc) is 3.03. The Morgan fingerprint density at radius 3 is 1.55 bits per heavy atom. The molecule has 42 heavy (non-hydrogen) atoms. The number of esters is 3. The van der Waals surface area contributed by atoms with E-state index in [1.54, 1.807) is 21.3 Å². The molecule has 0 aromatic heterocycles. The van der Waals surface area contributed by atoms with E-state index < -0.39 is 23.8 Å². The summed E-state index contributed by atoms with van der Waals surface area (Å²) in [4.78, 5) is 68.0. The maximum Gasteiger partial charge on any atom is 0.339 e. The van der Waals surface area contributed by atoms with E-state index in [4.69, 9.17) is 0 Å². The summed E-state index contributed by atoms with van der Waals surface area (Å²) in [6.07, 6.45) is 1.25. The lowest BCUT2D eigenvalue weighted by molar-refractivity contribution is 0.0587. The highest BCUT2D eigenvalue weighted by Crippen LogP contribution is 2.20. The molecule has 0 heterocycles. The van der Waals surface area contributed by atoms with E-state index in [0.717, 1.165) is 0 Å². The fourth-order valence-corrected chi connectivity index (χ4v) is 3.20. The highest BCUT2D eigenvalue weighted by atomic mass is 16.5. The Labute approximate surface area is 242 Å². The minimum atomic E-state index is -0.576. The molecule has 0 spiro atoms. The normalized spacial score (nSPS) is 9.38. The molecule has 3 rings (SSSR count). The number of methoxy groups -OCH3 is 4. The van der Waals surface area contributed by atoms with Gasteiger partial charge in [0.15, 0.2) is 6.29 Å². The number of aldehydes is 2. The third kappa shape index (κ3) is 9.99. The van der Waals surface area contributed by atoms with Crippen LogP contribution in [0.2, 0.25) is 0 Å². The second-order valence-corrected chi connectivity index (χ2v) is 8.01. The zero-order chi connectivity index (χ0) is 31.7. The molecule has 12 nitrogen and oxygen atoms in total. The van der Waals surface area contributed by atoms with Crippen molar-refractivity contribution in [2.75, 3.05) is 53.2 Å². The first-order valence-electron chi connectivity index (χ1n) is 12.1. The summed E-state index contributed by atoms with van der Waals surface area (Å²) in [7, 11) is 8.75. The van der Waals surface area contributed by atoms with Gasteiger partial charge in [0.25, 0.3) is 5.91 Å². The van der Waals surface area contributed by atoms with Crippen molar-refractivity contribution in [1.82, 2.24) is 0 Å². The van der Waals surface area contributed by atoms with Crippen LogP contribution in [0, 0.1) is 0 Å². The molecule has 0 aliphatic carbocycles. The van der Waals surface area contributed by atoms with Crippen LogP contribution < -0.4 is 10.6 Å². The fraction of sp³-hybridized carbons (Fsp3) is 0.200. The van der Waals surface area contributed by atoms with Gasteiger partial charge in [-0.05, 0) is 48.5 Å². The Hall–Kier alpha value is -5.36. The number of ether oxygens (including phenoxy) is 4. The van der Waals surface area contributed by atoms with Crippen molar-refractivity contribution in [2.45, 2.75) is 0 Å². The molecule has 3 aromatic rings. The summed E-state index contributed by atoms with van der Waals surface area (Å²) < 4.78 is 18.0. The van der Waals surface area contributed by atoms with E-state index in [-0.39, 0.29) is 16.8 Å². The zero-order valence-electron chi connectivity index (χ0n) is 24.0. The van der Waals surface area contributed by atoms with Gasteiger partial charge in [-0.2, -0.15) is 0 Å². The molecule has 0 saturated carbocycles. The zero-order valence-corrected chi connectivity index (χ0v) is 24.0.